The number of benzene rings is 3. The summed E-state index contributed by atoms with van der Waals surface area (Å²) in [6.07, 6.45) is 0. The van der Waals surface area contributed by atoms with Crippen molar-refractivity contribution in [2.45, 2.75) is 11.8 Å². The number of hydrogen-bond acceptors (Lipinski definition) is 6. The molecule has 32 heavy (non-hydrogen) atoms. The zero-order chi connectivity index (χ0) is 23.3. The van der Waals surface area contributed by atoms with Crippen molar-refractivity contribution in [2.75, 3.05) is 23.3 Å². The third-order valence-corrected chi connectivity index (χ3v) is 6.36. The standard InChI is InChI=1S/C22H21N3O6S/c1-16-7-6-8-17(13-16)24(32(29,30)19-9-4-3-5-10-19)15-22(26)23-20-14-18(25(27)28)11-12-21(20)31-2/h3-14H,15H2,1-2H3,(H,23,26). The van der Waals surface area contributed by atoms with Crippen molar-refractivity contribution in [2.24, 2.45) is 0 Å². The molecule has 0 radical (unpaired) electrons. The predicted molar refractivity (Wildman–Crippen MR) is 120 cm³/mol. The van der Waals surface area contributed by atoms with Gasteiger partial charge < -0.3 is 10.1 Å². The summed E-state index contributed by atoms with van der Waals surface area (Å²) in [5.74, 6) is -0.484. The Morgan fingerprint density at radius 2 is 1.78 bits per heavy atom. The third kappa shape index (κ3) is 5.03. The number of methoxy groups -OCH3 is 1. The molecule has 0 aliphatic rings. The molecule has 0 unspecified atom stereocenters. The van der Waals surface area contributed by atoms with E-state index in [2.05, 4.69) is 5.32 Å². The first-order chi connectivity index (χ1) is 15.2. The second-order valence-corrected chi connectivity index (χ2v) is 8.72. The van der Waals surface area contributed by atoms with E-state index in [1.165, 1.54) is 31.4 Å². The molecule has 0 aliphatic heterocycles. The number of amides is 1. The van der Waals surface area contributed by atoms with Crippen LogP contribution in [0.4, 0.5) is 17.1 Å². The van der Waals surface area contributed by atoms with E-state index in [1.54, 1.807) is 36.4 Å². The van der Waals surface area contributed by atoms with Crippen LogP contribution in [0.2, 0.25) is 0 Å². The molecule has 10 heteroatoms. The van der Waals surface area contributed by atoms with Crippen molar-refractivity contribution in [1.29, 1.82) is 0 Å². The Bertz CT molecular complexity index is 1250. The maximum atomic E-state index is 13.3. The zero-order valence-electron chi connectivity index (χ0n) is 17.4. The molecule has 166 valence electrons. The van der Waals surface area contributed by atoms with Gasteiger partial charge in [0, 0.05) is 12.1 Å². The molecule has 0 aliphatic carbocycles. The van der Waals surface area contributed by atoms with Crippen LogP contribution >= 0.6 is 0 Å². The minimum Gasteiger partial charge on any atom is -0.495 e. The number of nitrogens with zero attached hydrogens (tertiary/aromatic N) is 2. The van der Waals surface area contributed by atoms with Crippen molar-refractivity contribution in [3.8, 4) is 5.75 Å². The van der Waals surface area contributed by atoms with E-state index in [0.717, 1.165) is 15.9 Å². The molecule has 0 saturated heterocycles. The average Bonchev–Trinajstić information content (AvgIpc) is 2.77. The molecule has 0 atom stereocenters. The molecule has 0 aromatic heterocycles. The quantitative estimate of drug-likeness (QED) is 0.408. The van der Waals surface area contributed by atoms with Crippen molar-refractivity contribution in [1.82, 2.24) is 0 Å². The van der Waals surface area contributed by atoms with Crippen LogP contribution in [-0.4, -0.2) is 32.9 Å². The van der Waals surface area contributed by atoms with E-state index in [0.29, 0.717) is 5.69 Å². The molecule has 0 spiro atoms. The van der Waals surface area contributed by atoms with Crippen LogP contribution in [0.5, 0.6) is 5.75 Å². The van der Waals surface area contributed by atoms with E-state index in [-0.39, 0.29) is 22.0 Å². The van der Waals surface area contributed by atoms with Crippen LogP contribution in [0.15, 0.2) is 77.7 Å². The number of hydrogen-bond donors (Lipinski definition) is 1. The topological polar surface area (TPSA) is 119 Å². The number of sulfonamides is 1. The van der Waals surface area contributed by atoms with Crippen molar-refractivity contribution in [3.05, 3.63) is 88.5 Å². The van der Waals surface area contributed by atoms with E-state index in [1.807, 2.05) is 13.0 Å². The third-order valence-electron chi connectivity index (χ3n) is 4.58. The Labute approximate surface area is 185 Å². The van der Waals surface area contributed by atoms with Crippen molar-refractivity contribution >= 4 is 33.0 Å². The number of anilines is 2. The molecule has 0 saturated carbocycles. The van der Waals surface area contributed by atoms with Gasteiger partial charge in [0.2, 0.25) is 5.91 Å². The second kappa shape index (κ2) is 9.48. The lowest BCUT2D eigenvalue weighted by molar-refractivity contribution is -0.384. The van der Waals surface area contributed by atoms with Gasteiger partial charge in [-0.1, -0.05) is 30.3 Å². The molecule has 3 rings (SSSR count). The Kier molecular flexibility index (Phi) is 6.74. The number of rotatable bonds is 8. The van der Waals surface area contributed by atoms with Crippen LogP contribution in [-0.2, 0) is 14.8 Å². The fourth-order valence-electron chi connectivity index (χ4n) is 3.05. The van der Waals surface area contributed by atoms with E-state index >= 15 is 0 Å². The molecule has 0 bridgehead atoms. The summed E-state index contributed by atoms with van der Waals surface area (Å²) in [5, 5.41) is 13.6. The lowest BCUT2D eigenvalue weighted by atomic mass is 10.2. The summed E-state index contributed by atoms with van der Waals surface area (Å²) in [5.41, 5.74) is 0.952. The highest BCUT2D eigenvalue weighted by molar-refractivity contribution is 7.92. The lowest BCUT2D eigenvalue weighted by Gasteiger charge is -2.24. The molecule has 9 nitrogen and oxygen atoms in total. The van der Waals surface area contributed by atoms with Crippen LogP contribution in [0, 0.1) is 17.0 Å². The number of nitro benzene ring substituents is 1. The van der Waals surface area contributed by atoms with E-state index in [4.69, 9.17) is 4.74 Å². The number of aryl methyl sites for hydroxylation is 1. The summed E-state index contributed by atoms with van der Waals surface area (Å²) < 4.78 is 32.8. The normalized spacial score (nSPS) is 10.9. The van der Waals surface area contributed by atoms with Crippen molar-refractivity contribution < 1.29 is 22.9 Å². The highest BCUT2D eigenvalue weighted by atomic mass is 32.2. The fourth-order valence-corrected chi connectivity index (χ4v) is 4.48. The summed E-state index contributed by atoms with van der Waals surface area (Å²) in [7, 11) is -2.71. The fraction of sp³-hybridized carbons (Fsp3) is 0.136. The maximum absolute atomic E-state index is 13.3. The first-order valence-corrected chi connectivity index (χ1v) is 10.9. The monoisotopic (exact) mass is 455 g/mol. The van der Waals surface area contributed by atoms with Gasteiger partial charge in [-0.2, -0.15) is 0 Å². The first kappa shape index (κ1) is 22.8. The molecule has 0 heterocycles. The minimum atomic E-state index is -4.06. The molecular weight excluding hydrogens is 434 g/mol. The van der Waals surface area contributed by atoms with Gasteiger partial charge in [0.1, 0.15) is 12.3 Å². The number of non-ortho nitro benzene ring substituents is 1. The highest BCUT2D eigenvalue weighted by Crippen LogP contribution is 2.29. The number of ether oxygens (including phenoxy) is 1. The maximum Gasteiger partial charge on any atom is 0.271 e. The summed E-state index contributed by atoms with van der Waals surface area (Å²) in [4.78, 5) is 23.4. The van der Waals surface area contributed by atoms with Gasteiger partial charge in [-0.15, -0.1) is 0 Å². The Morgan fingerprint density at radius 3 is 2.41 bits per heavy atom. The molecule has 3 aromatic carbocycles. The molecule has 1 N–H and O–H groups in total. The summed E-state index contributed by atoms with van der Waals surface area (Å²) in [6, 6.07) is 18.3. The number of nitrogens with one attached hydrogen (secondary N) is 1. The molecular formula is C22H21N3O6S. The van der Waals surface area contributed by atoms with Crippen LogP contribution in [0.3, 0.4) is 0 Å². The van der Waals surface area contributed by atoms with Gasteiger partial charge >= 0.3 is 0 Å². The Morgan fingerprint density at radius 1 is 1.06 bits per heavy atom. The number of carbonyl (C=O) groups excluding carboxylic acids is 1. The summed E-state index contributed by atoms with van der Waals surface area (Å²) in [6.45, 7) is 1.26. The smallest absolute Gasteiger partial charge is 0.271 e. The zero-order valence-corrected chi connectivity index (χ0v) is 18.2. The molecule has 0 fully saturated rings. The van der Waals surface area contributed by atoms with Gasteiger partial charge in [0.25, 0.3) is 15.7 Å². The Balaban J connectivity index is 1.96. The van der Waals surface area contributed by atoms with Crippen LogP contribution in [0.25, 0.3) is 0 Å². The van der Waals surface area contributed by atoms with E-state index in [9.17, 15) is 23.3 Å². The van der Waals surface area contributed by atoms with Gasteiger partial charge in [-0.3, -0.25) is 19.2 Å². The molecule has 1 amide bonds. The SMILES string of the molecule is COc1ccc([N+](=O)[O-])cc1NC(=O)CN(c1cccc(C)c1)S(=O)(=O)c1ccccc1. The predicted octanol–water partition coefficient (Wildman–Crippen LogP) is 3.75. The van der Waals surface area contributed by atoms with E-state index < -0.39 is 27.4 Å². The van der Waals surface area contributed by atoms with Gasteiger partial charge in [0.05, 0.1) is 28.3 Å². The van der Waals surface area contributed by atoms with Crippen molar-refractivity contribution in [3.63, 3.8) is 0 Å². The molecule has 3 aromatic rings. The highest BCUT2D eigenvalue weighted by Gasteiger charge is 2.27. The van der Waals surface area contributed by atoms with Crippen LogP contribution in [0.1, 0.15) is 5.56 Å². The second-order valence-electron chi connectivity index (χ2n) is 6.85. The number of nitro groups is 1. The minimum absolute atomic E-state index is 0.0298. The number of carbonyl (C=O) groups is 1. The lowest BCUT2D eigenvalue weighted by Crippen LogP contribution is -2.38. The Hall–Kier alpha value is -3.92. The van der Waals surface area contributed by atoms with Gasteiger partial charge in [0.15, 0.2) is 0 Å². The average molecular weight is 455 g/mol. The van der Waals surface area contributed by atoms with Gasteiger partial charge in [-0.05, 0) is 42.8 Å². The largest absolute Gasteiger partial charge is 0.495 e. The van der Waals surface area contributed by atoms with Crippen LogP contribution < -0.4 is 14.4 Å². The summed E-state index contributed by atoms with van der Waals surface area (Å²) >= 11 is 0. The van der Waals surface area contributed by atoms with Gasteiger partial charge in [-0.25, -0.2) is 8.42 Å². The first-order valence-electron chi connectivity index (χ1n) is 9.49.